The van der Waals surface area contributed by atoms with Gasteiger partial charge in [-0.2, -0.15) is 8.78 Å². The lowest BCUT2D eigenvalue weighted by Crippen LogP contribution is -2.50. The highest BCUT2D eigenvalue weighted by Crippen LogP contribution is 2.23. The maximum absolute atomic E-state index is 13.6. The molecule has 0 bridgehead atoms. The maximum atomic E-state index is 13.6. The van der Waals surface area contributed by atoms with Crippen molar-refractivity contribution in [1.82, 2.24) is 4.90 Å². The summed E-state index contributed by atoms with van der Waals surface area (Å²) >= 11 is 0. The molecule has 2 rings (SSSR count). The summed E-state index contributed by atoms with van der Waals surface area (Å²) in [5, 5.41) is 2.55. The van der Waals surface area contributed by atoms with Crippen LogP contribution in [-0.2, 0) is 4.74 Å². The molecule has 22 heavy (non-hydrogen) atoms. The van der Waals surface area contributed by atoms with Gasteiger partial charge in [0.25, 0.3) is 0 Å². The number of nitrogens with one attached hydrogen (secondary N) is 1. The van der Waals surface area contributed by atoms with Crippen molar-refractivity contribution in [2.24, 2.45) is 0 Å². The predicted octanol–water partition coefficient (Wildman–Crippen LogP) is 3.07. The van der Waals surface area contributed by atoms with E-state index in [9.17, 15) is 18.0 Å². The van der Waals surface area contributed by atoms with Crippen LogP contribution >= 0.6 is 0 Å². The van der Waals surface area contributed by atoms with Crippen LogP contribution in [0.4, 0.5) is 23.7 Å². The number of anilines is 1. The summed E-state index contributed by atoms with van der Waals surface area (Å²) in [5.74, 6) is -1.53. The number of morpholine rings is 1. The molecule has 0 radical (unpaired) electrons. The molecule has 2 amide bonds. The maximum Gasteiger partial charge on any atom is 0.387 e. The number of ether oxygens (including phenoxy) is 2. The molecule has 1 aromatic rings. The van der Waals surface area contributed by atoms with Gasteiger partial charge in [-0.05, 0) is 18.6 Å². The van der Waals surface area contributed by atoms with Crippen LogP contribution in [0.2, 0.25) is 0 Å². The predicted molar refractivity (Wildman–Crippen MR) is 73.7 cm³/mol. The summed E-state index contributed by atoms with van der Waals surface area (Å²) in [4.78, 5) is 13.8. The van der Waals surface area contributed by atoms with Gasteiger partial charge in [-0.1, -0.05) is 6.92 Å². The fourth-order valence-electron chi connectivity index (χ4n) is 2.23. The monoisotopic (exact) mass is 318 g/mol. The first-order chi connectivity index (χ1) is 10.5. The molecule has 1 N–H and O–H groups in total. The van der Waals surface area contributed by atoms with Crippen LogP contribution in [0.1, 0.15) is 13.3 Å². The second-order valence-corrected chi connectivity index (χ2v) is 4.78. The number of nitrogens with zero attached hydrogens (tertiary/aromatic N) is 1. The Bertz CT molecular complexity index is 528. The van der Waals surface area contributed by atoms with Gasteiger partial charge in [0.1, 0.15) is 0 Å². The lowest BCUT2D eigenvalue weighted by molar-refractivity contribution is -0.0521. The first-order valence-electron chi connectivity index (χ1n) is 6.91. The minimum atomic E-state index is -3.10. The van der Waals surface area contributed by atoms with Gasteiger partial charge in [0.15, 0.2) is 11.6 Å². The van der Waals surface area contributed by atoms with Gasteiger partial charge in [-0.25, -0.2) is 9.18 Å². The molecule has 5 nitrogen and oxygen atoms in total. The Morgan fingerprint density at radius 3 is 2.95 bits per heavy atom. The highest BCUT2D eigenvalue weighted by atomic mass is 19.3. The fourth-order valence-corrected chi connectivity index (χ4v) is 2.23. The Morgan fingerprint density at radius 2 is 2.32 bits per heavy atom. The van der Waals surface area contributed by atoms with Crippen molar-refractivity contribution in [2.75, 3.05) is 25.1 Å². The number of amides is 2. The number of carbonyl (C=O) groups excluding carboxylic acids is 1. The molecule has 0 saturated carbocycles. The first-order valence-corrected chi connectivity index (χ1v) is 6.91. The minimum Gasteiger partial charge on any atom is -0.432 e. The van der Waals surface area contributed by atoms with E-state index in [1.54, 1.807) is 4.90 Å². The number of hydrogen-bond donors (Lipinski definition) is 1. The SMILES string of the molecule is CCC1COCCN1C(=O)Nc1ccc(OC(F)F)c(F)c1. The first kappa shape index (κ1) is 16.4. The standard InChI is InChI=1S/C14H17F3N2O3/c1-2-10-8-21-6-5-19(10)14(20)18-9-3-4-12(11(15)7-9)22-13(16)17/h3-4,7,10,13H,2,5-6,8H2,1H3,(H,18,20). The molecule has 1 unspecified atom stereocenters. The zero-order valence-corrected chi connectivity index (χ0v) is 12.0. The van der Waals surface area contributed by atoms with Gasteiger partial charge in [-0.3, -0.25) is 0 Å². The van der Waals surface area contributed by atoms with E-state index in [2.05, 4.69) is 10.1 Å². The van der Waals surface area contributed by atoms with Crippen LogP contribution in [0.3, 0.4) is 0 Å². The lowest BCUT2D eigenvalue weighted by atomic mass is 10.2. The van der Waals surface area contributed by atoms with Crippen LogP contribution in [0.5, 0.6) is 5.75 Å². The van der Waals surface area contributed by atoms with Crippen LogP contribution in [0.15, 0.2) is 18.2 Å². The second kappa shape index (κ2) is 7.35. The second-order valence-electron chi connectivity index (χ2n) is 4.78. The number of urea groups is 1. The molecule has 1 aliphatic heterocycles. The van der Waals surface area contributed by atoms with Crippen LogP contribution in [0.25, 0.3) is 0 Å². The van der Waals surface area contributed by atoms with Gasteiger partial charge in [0, 0.05) is 18.3 Å². The fraction of sp³-hybridized carbons (Fsp3) is 0.500. The molecule has 1 saturated heterocycles. The van der Waals surface area contributed by atoms with E-state index < -0.39 is 18.2 Å². The summed E-state index contributed by atoms with van der Waals surface area (Å²) in [6, 6.07) is 2.88. The Labute approximate surface area is 126 Å². The Kier molecular flexibility index (Phi) is 5.48. The molecule has 1 fully saturated rings. The van der Waals surface area contributed by atoms with E-state index in [1.165, 1.54) is 6.07 Å². The normalized spacial score (nSPS) is 18.4. The van der Waals surface area contributed by atoms with Gasteiger partial charge < -0.3 is 19.7 Å². The molecule has 8 heteroatoms. The average Bonchev–Trinajstić information content (AvgIpc) is 2.49. The Hall–Kier alpha value is -1.96. The molecule has 0 spiro atoms. The largest absolute Gasteiger partial charge is 0.432 e. The Morgan fingerprint density at radius 1 is 1.55 bits per heavy atom. The van der Waals surface area contributed by atoms with Gasteiger partial charge in [0.2, 0.25) is 0 Å². The average molecular weight is 318 g/mol. The number of rotatable bonds is 4. The molecule has 0 aromatic heterocycles. The highest BCUT2D eigenvalue weighted by Gasteiger charge is 2.26. The molecule has 1 heterocycles. The molecular formula is C14H17F3N2O3. The third-order valence-electron chi connectivity index (χ3n) is 3.36. The van der Waals surface area contributed by atoms with Crippen molar-refractivity contribution in [2.45, 2.75) is 26.0 Å². The van der Waals surface area contributed by atoms with Gasteiger partial charge in [-0.15, -0.1) is 0 Å². The zero-order valence-electron chi connectivity index (χ0n) is 12.0. The molecule has 122 valence electrons. The zero-order chi connectivity index (χ0) is 16.1. The summed E-state index contributed by atoms with van der Waals surface area (Å²) in [6.45, 7) is 0.183. The summed E-state index contributed by atoms with van der Waals surface area (Å²) in [5.41, 5.74) is 0.172. The van der Waals surface area contributed by atoms with Crippen molar-refractivity contribution in [3.8, 4) is 5.75 Å². The third kappa shape index (κ3) is 4.03. The topological polar surface area (TPSA) is 50.8 Å². The highest BCUT2D eigenvalue weighted by molar-refractivity contribution is 5.89. The summed E-state index contributed by atoms with van der Waals surface area (Å²) in [7, 11) is 0. The molecule has 0 aliphatic carbocycles. The number of hydrogen-bond acceptors (Lipinski definition) is 3. The molecule has 1 aliphatic rings. The minimum absolute atomic E-state index is 0.0416. The molecule has 1 aromatic carbocycles. The van der Waals surface area contributed by atoms with Gasteiger partial charge >= 0.3 is 12.6 Å². The molecule has 1 atom stereocenters. The number of alkyl halides is 2. The quantitative estimate of drug-likeness (QED) is 0.928. The van der Waals surface area contributed by atoms with Gasteiger partial charge in [0.05, 0.1) is 19.3 Å². The summed E-state index contributed by atoms with van der Waals surface area (Å²) in [6.07, 6.45) is 0.739. The smallest absolute Gasteiger partial charge is 0.387 e. The van der Waals surface area contributed by atoms with E-state index in [0.29, 0.717) is 19.8 Å². The van der Waals surface area contributed by atoms with E-state index in [-0.39, 0.29) is 17.8 Å². The van der Waals surface area contributed by atoms with Crippen molar-refractivity contribution in [3.63, 3.8) is 0 Å². The van der Waals surface area contributed by atoms with Crippen LogP contribution < -0.4 is 10.1 Å². The molecular weight excluding hydrogens is 301 g/mol. The number of carbonyl (C=O) groups is 1. The number of halogens is 3. The van der Waals surface area contributed by atoms with Crippen molar-refractivity contribution < 1.29 is 27.4 Å². The third-order valence-corrected chi connectivity index (χ3v) is 3.36. The van der Waals surface area contributed by atoms with Crippen molar-refractivity contribution in [1.29, 1.82) is 0 Å². The number of benzene rings is 1. The van der Waals surface area contributed by atoms with E-state index in [4.69, 9.17) is 4.74 Å². The van der Waals surface area contributed by atoms with Crippen LogP contribution in [0, 0.1) is 5.82 Å². The summed E-state index contributed by atoms with van der Waals surface area (Å²) < 4.78 is 47.0. The Balaban J connectivity index is 2.03. The van der Waals surface area contributed by atoms with Crippen molar-refractivity contribution >= 4 is 11.7 Å². The van der Waals surface area contributed by atoms with E-state index in [0.717, 1.165) is 18.6 Å². The van der Waals surface area contributed by atoms with Crippen molar-refractivity contribution in [3.05, 3.63) is 24.0 Å². The lowest BCUT2D eigenvalue weighted by Gasteiger charge is -2.35. The van der Waals surface area contributed by atoms with E-state index in [1.807, 2.05) is 6.92 Å². The van der Waals surface area contributed by atoms with Crippen LogP contribution in [-0.4, -0.2) is 43.3 Å². The van der Waals surface area contributed by atoms with E-state index >= 15 is 0 Å².